The molecule has 0 aromatic rings. The second-order valence-electron chi connectivity index (χ2n) is 8.78. The summed E-state index contributed by atoms with van der Waals surface area (Å²) in [6.07, 6.45) is 24.5. The molecule has 0 fully saturated rings. The monoisotopic (exact) mass is 472 g/mol. The third-order valence-corrected chi connectivity index (χ3v) is 7.39. The minimum Gasteiger partial charge on any atom is -0.811 e. The van der Waals surface area contributed by atoms with E-state index in [-0.39, 0.29) is 17.1 Å². The molecule has 0 bridgehead atoms. The summed E-state index contributed by atoms with van der Waals surface area (Å²) in [5, 5.41) is 0. The van der Waals surface area contributed by atoms with Gasteiger partial charge in [-0.2, -0.15) is 0 Å². The Hall–Kier alpha value is 0.669. The van der Waals surface area contributed by atoms with Gasteiger partial charge in [-0.05, 0) is 18.5 Å². The van der Waals surface area contributed by atoms with Gasteiger partial charge in [0, 0.05) is 0 Å². The zero-order valence-electron chi connectivity index (χ0n) is 19.5. The van der Waals surface area contributed by atoms with E-state index in [9.17, 15) is 14.4 Å². The molecule has 176 valence electrons. The maximum Gasteiger partial charge on any atom is 2.00 e. The zero-order valence-corrected chi connectivity index (χ0v) is 21.5. The minimum atomic E-state index is -4.43. The van der Waals surface area contributed by atoms with Crippen molar-refractivity contribution in [3.63, 3.8) is 0 Å². The summed E-state index contributed by atoms with van der Waals surface area (Å²) in [7, 11) is -4.43. The largest absolute Gasteiger partial charge is 2.00 e. The van der Waals surface area contributed by atoms with Crippen LogP contribution in [0.5, 0.6) is 0 Å². The molecule has 0 aliphatic heterocycles. The average Bonchev–Trinajstić information content (AvgIpc) is 2.65. The van der Waals surface area contributed by atoms with Crippen molar-refractivity contribution in [2.45, 2.75) is 154 Å². The third kappa shape index (κ3) is 23.2. The first-order valence-electron chi connectivity index (χ1n) is 12.5. The number of rotatable bonds is 22. The first-order chi connectivity index (χ1) is 13.5. The molecule has 0 radical (unpaired) electrons. The van der Waals surface area contributed by atoms with Gasteiger partial charge in [-0.1, -0.05) is 143 Å². The van der Waals surface area contributed by atoms with Crippen LogP contribution in [-0.4, -0.2) is 5.66 Å². The van der Waals surface area contributed by atoms with Crippen LogP contribution in [0.4, 0.5) is 0 Å². The number of hydrogen-bond donors (Lipinski definition) is 0. The van der Waals surface area contributed by atoms with Gasteiger partial charge < -0.3 is 14.4 Å². The molecule has 0 spiro atoms. The van der Waals surface area contributed by atoms with E-state index in [0.29, 0.717) is 12.8 Å². The Morgan fingerprint density at radius 3 is 1.00 bits per heavy atom. The van der Waals surface area contributed by atoms with E-state index >= 15 is 0 Å². The normalized spacial score (nSPS) is 12.7. The summed E-state index contributed by atoms with van der Waals surface area (Å²) in [4.78, 5) is 23.1. The fraction of sp³-hybridized carbons (Fsp3) is 1.00. The van der Waals surface area contributed by atoms with E-state index in [2.05, 4.69) is 13.8 Å². The van der Waals surface area contributed by atoms with Gasteiger partial charge in [-0.3, -0.25) is 0 Å². The summed E-state index contributed by atoms with van der Waals surface area (Å²) in [6, 6.07) is 0. The zero-order chi connectivity index (χ0) is 20.9. The van der Waals surface area contributed by atoms with Crippen LogP contribution in [-0.2, 0) is 21.6 Å². The predicted octanol–water partition coefficient (Wildman–Crippen LogP) is 7.50. The molecule has 0 rings (SSSR count). The van der Waals surface area contributed by atoms with Crippen LogP contribution in [0.15, 0.2) is 0 Å². The predicted molar refractivity (Wildman–Crippen MR) is 120 cm³/mol. The second-order valence-corrected chi connectivity index (χ2v) is 10.6. The van der Waals surface area contributed by atoms with Crippen LogP contribution in [0.2, 0.25) is 0 Å². The Morgan fingerprint density at radius 1 is 0.517 bits per heavy atom. The summed E-state index contributed by atoms with van der Waals surface area (Å²) >= 11 is 0. The SMILES string of the molecule is CCCCCCCCCCCCC(CCCCCCCCCCC)P(=O)([O-])[O-].[Fe+2]. The van der Waals surface area contributed by atoms with Crippen molar-refractivity contribution in [2.24, 2.45) is 0 Å². The Bertz CT molecular complexity index is 360. The van der Waals surface area contributed by atoms with Crippen LogP contribution < -0.4 is 9.79 Å². The first-order valence-corrected chi connectivity index (χ1v) is 14.1. The summed E-state index contributed by atoms with van der Waals surface area (Å²) in [5.41, 5.74) is -0.619. The fourth-order valence-corrected chi connectivity index (χ4v) is 5.02. The Morgan fingerprint density at radius 2 is 0.759 bits per heavy atom. The Kier molecular flexibility index (Phi) is 25.6. The molecule has 0 aliphatic carbocycles. The van der Waals surface area contributed by atoms with Gasteiger partial charge in [-0.25, -0.2) is 0 Å². The maximum absolute atomic E-state index is 11.6. The molecule has 0 N–H and O–H groups in total. The Labute approximate surface area is 193 Å². The summed E-state index contributed by atoms with van der Waals surface area (Å²) in [5.74, 6) is 0. The molecule has 0 saturated carbocycles. The number of hydrogen-bond acceptors (Lipinski definition) is 3. The molecule has 3 nitrogen and oxygen atoms in total. The molecule has 0 saturated heterocycles. The van der Waals surface area contributed by atoms with Crippen molar-refractivity contribution in [3.8, 4) is 0 Å². The first kappa shape index (κ1) is 31.9. The topological polar surface area (TPSA) is 63.2 Å². The molecule has 0 aliphatic rings. The van der Waals surface area contributed by atoms with E-state index < -0.39 is 13.3 Å². The van der Waals surface area contributed by atoms with E-state index in [1.54, 1.807) is 0 Å². The van der Waals surface area contributed by atoms with Crippen molar-refractivity contribution in [3.05, 3.63) is 0 Å². The van der Waals surface area contributed by atoms with E-state index in [0.717, 1.165) is 25.7 Å². The standard InChI is InChI=1S/C24H51O3P.Fe/c1-3-5-7-9-11-13-15-17-19-21-23-24(28(25,26)27)22-20-18-16-14-12-10-8-6-4-2;/h24H,3-23H2,1-2H3,(H2,25,26,27);/q;+2/p-2. The van der Waals surface area contributed by atoms with Crippen LogP contribution in [0.1, 0.15) is 149 Å². The molecule has 0 aromatic heterocycles. The van der Waals surface area contributed by atoms with Crippen molar-refractivity contribution >= 4 is 7.60 Å². The van der Waals surface area contributed by atoms with Gasteiger partial charge in [0.15, 0.2) is 0 Å². The van der Waals surface area contributed by atoms with Crippen LogP contribution in [0, 0.1) is 0 Å². The van der Waals surface area contributed by atoms with Crippen LogP contribution in [0.3, 0.4) is 0 Å². The average molecular weight is 472 g/mol. The van der Waals surface area contributed by atoms with Crippen molar-refractivity contribution in [2.75, 3.05) is 0 Å². The van der Waals surface area contributed by atoms with E-state index in [4.69, 9.17) is 0 Å². The van der Waals surface area contributed by atoms with Crippen molar-refractivity contribution in [1.82, 2.24) is 0 Å². The van der Waals surface area contributed by atoms with Crippen molar-refractivity contribution in [1.29, 1.82) is 0 Å². The van der Waals surface area contributed by atoms with Gasteiger partial charge in [0.2, 0.25) is 0 Å². The third-order valence-electron chi connectivity index (χ3n) is 5.98. The number of unbranched alkanes of at least 4 members (excludes halogenated alkanes) is 17. The van der Waals surface area contributed by atoms with Gasteiger partial charge in [0.25, 0.3) is 0 Å². The molecule has 5 heteroatoms. The van der Waals surface area contributed by atoms with Crippen LogP contribution >= 0.6 is 7.60 Å². The van der Waals surface area contributed by atoms with Gasteiger partial charge in [0.1, 0.15) is 0 Å². The second kappa shape index (κ2) is 23.3. The van der Waals surface area contributed by atoms with E-state index in [1.165, 1.54) is 96.3 Å². The molecule has 0 aromatic carbocycles. The van der Waals surface area contributed by atoms with Crippen molar-refractivity contribution < 1.29 is 31.4 Å². The molecule has 29 heavy (non-hydrogen) atoms. The van der Waals surface area contributed by atoms with Crippen LogP contribution in [0.25, 0.3) is 0 Å². The summed E-state index contributed by atoms with van der Waals surface area (Å²) in [6.45, 7) is 4.47. The van der Waals surface area contributed by atoms with Gasteiger partial charge in [0.05, 0.1) is 0 Å². The quantitative estimate of drug-likeness (QED) is 0.0931. The molecule has 0 heterocycles. The fourth-order valence-electron chi connectivity index (χ4n) is 4.02. The molecule has 0 amide bonds. The maximum atomic E-state index is 11.6. The summed E-state index contributed by atoms with van der Waals surface area (Å²) < 4.78 is 11.6. The Balaban J connectivity index is 0. The minimum absolute atomic E-state index is 0. The molecular weight excluding hydrogens is 423 g/mol. The van der Waals surface area contributed by atoms with Gasteiger partial charge in [-0.15, -0.1) is 0 Å². The van der Waals surface area contributed by atoms with Gasteiger partial charge >= 0.3 is 17.1 Å². The molecule has 1 atom stereocenters. The smallest absolute Gasteiger partial charge is 0.811 e. The molecule has 1 unspecified atom stereocenters. The molecular formula is C24H49FeO3P. The van der Waals surface area contributed by atoms with E-state index in [1.807, 2.05) is 0 Å².